The first-order valence-electron chi connectivity index (χ1n) is 6.28. The molecule has 0 amide bonds. The minimum atomic E-state index is 0.463. The number of hydrogen-bond acceptors (Lipinski definition) is 2. The first kappa shape index (κ1) is 11.6. The molecule has 1 aromatic carbocycles. The molecule has 0 fully saturated rings. The van der Waals surface area contributed by atoms with Crippen molar-refractivity contribution in [3.05, 3.63) is 53.5 Å². The first-order valence-corrected chi connectivity index (χ1v) is 6.28. The lowest BCUT2D eigenvalue weighted by Gasteiger charge is -1.98. The summed E-state index contributed by atoms with van der Waals surface area (Å²) in [6, 6.07) is 6.43. The number of rotatable bonds is 3. The molecule has 0 spiro atoms. The van der Waals surface area contributed by atoms with E-state index in [0.717, 1.165) is 17.6 Å². The first-order chi connectivity index (χ1) is 9.26. The average Bonchev–Trinajstić information content (AvgIpc) is 2.97. The highest BCUT2D eigenvalue weighted by Crippen LogP contribution is 2.22. The van der Waals surface area contributed by atoms with Gasteiger partial charge in [0.2, 0.25) is 0 Å². The fourth-order valence-corrected chi connectivity index (χ4v) is 2.32. The summed E-state index contributed by atoms with van der Waals surface area (Å²) in [6.45, 7) is 2.02. The highest BCUT2D eigenvalue weighted by molar-refractivity contribution is 5.85. The van der Waals surface area contributed by atoms with Crippen molar-refractivity contribution in [3.63, 3.8) is 0 Å². The van der Waals surface area contributed by atoms with Gasteiger partial charge >= 0.3 is 0 Å². The van der Waals surface area contributed by atoms with Crippen molar-refractivity contribution < 1.29 is 0 Å². The van der Waals surface area contributed by atoms with Crippen LogP contribution in [0.5, 0.6) is 0 Å². The van der Waals surface area contributed by atoms with Crippen molar-refractivity contribution in [2.75, 3.05) is 5.73 Å². The smallest absolute Gasteiger partial charge is 0.197 e. The number of nitrogens with zero attached hydrogens (tertiary/aromatic N) is 1. The predicted octanol–water partition coefficient (Wildman–Crippen LogP) is 3.10. The molecule has 0 saturated heterocycles. The number of nitrogens with one attached hydrogen (secondary N) is 2. The molecule has 4 heteroatoms. The monoisotopic (exact) mass is 252 g/mol. The average molecular weight is 252 g/mol. The van der Waals surface area contributed by atoms with Crippen LogP contribution in [0.1, 0.15) is 23.7 Å². The number of hydrogen-bond donors (Lipinski definition) is 3. The molecule has 19 heavy (non-hydrogen) atoms. The Morgan fingerprint density at radius 2 is 2.26 bits per heavy atom. The van der Waals surface area contributed by atoms with Gasteiger partial charge in [0.05, 0.1) is 6.20 Å². The summed E-state index contributed by atoms with van der Waals surface area (Å²) < 4.78 is 0. The molecule has 3 rings (SSSR count). The normalized spacial score (nSPS) is 11.6. The Morgan fingerprint density at radius 3 is 3.00 bits per heavy atom. The van der Waals surface area contributed by atoms with E-state index in [4.69, 9.17) is 5.73 Å². The van der Waals surface area contributed by atoms with Crippen LogP contribution in [0, 0.1) is 0 Å². The molecule has 0 saturated carbocycles. The number of anilines is 1. The van der Waals surface area contributed by atoms with Crippen LogP contribution in [-0.2, 0) is 6.42 Å². The molecule has 3 aromatic rings. The number of benzene rings is 1. The molecule has 0 aliphatic heterocycles. The van der Waals surface area contributed by atoms with Crippen LogP contribution in [-0.4, -0.2) is 15.0 Å². The molecule has 2 aromatic heterocycles. The number of aromatic amines is 2. The lowest BCUT2D eigenvalue weighted by atomic mass is 10.1. The lowest BCUT2D eigenvalue weighted by molar-refractivity contribution is 1.12. The molecular weight excluding hydrogens is 236 g/mol. The van der Waals surface area contributed by atoms with E-state index in [1.165, 1.54) is 16.5 Å². The molecule has 0 unspecified atom stereocenters. The fourth-order valence-electron chi connectivity index (χ4n) is 2.32. The van der Waals surface area contributed by atoms with Crippen LogP contribution in [0.4, 0.5) is 5.95 Å². The van der Waals surface area contributed by atoms with Crippen LogP contribution >= 0.6 is 0 Å². The van der Waals surface area contributed by atoms with Gasteiger partial charge in [-0.15, -0.1) is 0 Å². The summed E-state index contributed by atoms with van der Waals surface area (Å²) in [7, 11) is 0. The number of aromatic nitrogens is 3. The van der Waals surface area contributed by atoms with Gasteiger partial charge in [-0.1, -0.05) is 24.3 Å². The van der Waals surface area contributed by atoms with Gasteiger partial charge in [-0.3, -0.25) is 0 Å². The van der Waals surface area contributed by atoms with E-state index in [1.54, 1.807) is 6.20 Å². The van der Waals surface area contributed by atoms with E-state index in [-0.39, 0.29) is 0 Å². The third-order valence-electron chi connectivity index (χ3n) is 3.18. The van der Waals surface area contributed by atoms with E-state index in [2.05, 4.69) is 39.2 Å². The molecular formula is C15H16N4. The number of allylic oxidation sites excluding steroid dienone is 1. The Labute approximate surface area is 111 Å². The van der Waals surface area contributed by atoms with Crippen molar-refractivity contribution in [2.24, 2.45) is 0 Å². The zero-order chi connectivity index (χ0) is 13.2. The second-order valence-electron chi connectivity index (χ2n) is 4.59. The zero-order valence-electron chi connectivity index (χ0n) is 10.8. The van der Waals surface area contributed by atoms with Crippen molar-refractivity contribution in [1.29, 1.82) is 0 Å². The summed E-state index contributed by atoms with van der Waals surface area (Å²) in [5.74, 6) is 0.463. The minimum Gasteiger partial charge on any atom is -0.369 e. The van der Waals surface area contributed by atoms with Gasteiger partial charge in [0, 0.05) is 29.2 Å². The third-order valence-corrected chi connectivity index (χ3v) is 3.18. The van der Waals surface area contributed by atoms with E-state index in [1.807, 2.05) is 19.2 Å². The Balaban J connectivity index is 1.96. The second-order valence-corrected chi connectivity index (χ2v) is 4.59. The van der Waals surface area contributed by atoms with Crippen LogP contribution in [0.15, 0.2) is 36.7 Å². The lowest BCUT2D eigenvalue weighted by Crippen LogP contribution is -1.89. The maximum atomic E-state index is 5.59. The standard InChI is InChI=1S/C15H16N4/c1-2-3-10-4-5-13-11(8-17-14(13)6-10)7-12-9-18-15(16)19-12/h2-6,8-9,17H,7H2,1H3,(H3,16,18,19)/b3-2+. The molecule has 0 aliphatic carbocycles. The number of H-pyrrole nitrogens is 2. The third kappa shape index (κ3) is 2.25. The number of fused-ring (bicyclic) bond motifs is 1. The van der Waals surface area contributed by atoms with Gasteiger partial charge in [0.1, 0.15) is 0 Å². The Morgan fingerprint density at radius 1 is 1.37 bits per heavy atom. The van der Waals surface area contributed by atoms with Crippen LogP contribution in [0.3, 0.4) is 0 Å². The Bertz CT molecular complexity index is 734. The molecule has 0 atom stereocenters. The highest BCUT2D eigenvalue weighted by Gasteiger charge is 2.06. The quantitative estimate of drug-likeness (QED) is 0.670. The number of nitrogens with two attached hydrogens (primary N) is 1. The Hall–Kier alpha value is -2.49. The summed E-state index contributed by atoms with van der Waals surface area (Å²) in [6.07, 6.45) is 8.75. The molecule has 0 bridgehead atoms. The SMILES string of the molecule is C/C=C/c1ccc2c(Cc3cnc(N)[nH]3)c[nH]c2c1. The Kier molecular flexibility index (Phi) is 2.83. The van der Waals surface area contributed by atoms with Crippen molar-refractivity contribution in [3.8, 4) is 0 Å². The molecule has 4 N–H and O–H groups in total. The molecule has 0 radical (unpaired) electrons. The summed E-state index contributed by atoms with van der Waals surface area (Å²) in [4.78, 5) is 10.4. The van der Waals surface area contributed by atoms with Crippen molar-refractivity contribution in [1.82, 2.24) is 15.0 Å². The van der Waals surface area contributed by atoms with Crippen LogP contribution in [0.2, 0.25) is 0 Å². The number of nitrogen functional groups attached to an aromatic ring is 1. The predicted molar refractivity (Wildman–Crippen MR) is 78.8 cm³/mol. The maximum absolute atomic E-state index is 5.59. The van der Waals surface area contributed by atoms with Crippen molar-refractivity contribution in [2.45, 2.75) is 13.3 Å². The van der Waals surface area contributed by atoms with E-state index in [0.29, 0.717) is 5.95 Å². The molecule has 4 nitrogen and oxygen atoms in total. The van der Waals surface area contributed by atoms with Gasteiger partial charge in [-0.05, 0) is 24.1 Å². The molecule has 2 heterocycles. The van der Waals surface area contributed by atoms with Gasteiger partial charge in [-0.2, -0.15) is 0 Å². The largest absolute Gasteiger partial charge is 0.369 e. The zero-order valence-corrected chi connectivity index (χ0v) is 10.8. The van der Waals surface area contributed by atoms with Crippen molar-refractivity contribution >= 4 is 22.9 Å². The molecule has 0 aliphatic rings. The van der Waals surface area contributed by atoms with Crippen LogP contribution in [0.25, 0.3) is 17.0 Å². The van der Waals surface area contributed by atoms with Gasteiger partial charge < -0.3 is 15.7 Å². The summed E-state index contributed by atoms with van der Waals surface area (Å²) in [5, 5.41) is 1.24. The maximum Gasteiger partial charge on any atom is 0.197 e. The fraction of sp³-hybridized carbons (Fsp3) is 0.133. The number of imidazole rings is 1. The van der Waals surface area contributed by atoms with E-state index < -0.39 is 0 Å². The molecule has 96 valence electrons. The highest BCUT2D eigenvalue weighted by atomic mass is 15.0. The van der Waals surface area contributed by atoms with Gasteiger partial charge in [0.15, 0.2) is 5.95 Å². The van der Waals surface area contributed by atoms with Gasteiger partial charge in [0.25, 0.3) is 0 Å². The summed E-state index contributed by atoms with van der Waals surface area (Å²) in [5.41, 5.74) is 10.2. The van der Waals surface area contributed by atoms with Crippen LogP contribution < -0.4 is 5.73 Å². The minimum absolute atomic E-state index is 0.463. The van der Waals surface area contributed by atoms with Gasteiger partial charge in [-0.25, -0.2) is 4.98 Å². The summed E-state index contributed by atoms with van der Waals surface area (Å²) >= 11 is 0. The van der Waals surface area contributed by atoms with E-state index >= 15 is 0 Å². The topological polar surface area (TPSA) is 70.5 Å². The van der Waals surface area contributed by atoms with E-state index in [9.17, 15) is 0 Å². The second kappa shape index (κ2) is 4.65.